The van der Waals surface area contributed by atoms with Crippen LogP contribution in [0, 0.1) is 26.6 Å². The zero-order chi connectivity index (χ0) is 66.9. The lowest BCUT2D eigenvalue weighted by Crippen LogP contribution is -2.40. The van der Waals surface area contributed by atoms with Gasteiger partial charge in [0, 0.05) is 77.5 Å². The summed E-state index contributed by atoms with van der Waals surface area (Å²) in [6.07, 6.45) is 0. The summed E-state index contributed by atoms with van der Waals surface area (Å²) in [5.74, 6) is 1.10. The van der Waals surface area contributed by atoms with Crippen molar-refractivity contribution in [1.29, 1.82) is 0 Å². The summed E-state index contributed by atoms with van der Waals surface area (Å²) in [7, 11) is 12.3. The van der Waals surface area contributed by atoms with Crippen molar-refractivity contribution in [3.8, 4) is 11.5 Å². The van der Waals surface area contributed by atoms with Crippen molar-refractivity contribution in [2.24, 2.45) is 0 Å². The lowest BCUT2D eigenvalue weighted by atomic mass is 10.0. The molecule has 0 saturated carbocycles. The van der Waals surface area contributed by atoms with Crippen molar-refractivity contribution in [2.45, 2.75) is 225 Å². The predicted molar refractivity (Wildman–Crippen MR) is 378 cm³/mol. The molecule has 0 bridgehead atoms. The van der Waals surface area contributed by atoms with Crippen LogP contribution in [0.25, 0.3) is 0 Å². The van der Waals surface area contributed by atoms with Gasteiger partial charge in [-0.05, 0) is 269 Å². The second-order valence-corrected chi connectivity index (χ2v) is 29.9. The highest BCUT2D eigenvalue weighted by atomic mass is 35.5. The summed E-state index contributed by atoms with van der Waals surface area (Å²) < 4.78 is 18.1. The molecule has 87 heavy (non-hydrogen) atoms. The maximum Gasteiger partial charge on any atom is 0.123 e. The fraction of sp³-hybridized carbons (Fsp3) is 0.532. The van der Waals surface area contributed by atoms with Crippen LogP contribution in [0.4, 0.5) is 4.39 Å². The highest BCUT2D eigenvalue weighted by molar-refractivity contribution is 6.31. The Kier molecular flexibility index (Phi) is 33.6. The molecule has 0 heterocycles. The van der Waals surface area contributed by atoms with Crippen molar-refractivity contribution in [3.63, 3.8) is 0 Å². The summed E-state index contributed by atoms with van der Waals surface area (Å²) in [4.78, 5) is 13.9. The molecule has 6 rings (SSSR count). The van der Waals surface area contributed by atoms with E-state index in [2.05, 4.69) is 277 Å². The van der Waals surface area contributed by atoms with Crippen LogP contribution in [0.2, 0.25) is 5.02 Å². The standard InChI is InChI=1S/C14H23N.C13H20ClN.C13H21NO.C13H21N.C12H18FN.C12H19NO/c1-6-15(14(3,4)5)11-13-9-7-8-12(2)10-13;1-10-11(7-6-8-12(10)14)9-15(5)13(2,3)4;1-13(2,3)14(4)10-11-7-6-8-12(9-11)15-5;1-11-6-8-12(9-7-11)10-14(5)13(2,3)4;1-12(2,3)14(4)9-10-6-5-7-11(13)8-10;1-12(2,3)13(4)9-10-6-5-7-11(14)8-10/h7-10H,6,11H2,1-5H3;6-8H,9H2,1-5H3;6-9H,10H2,1-5H3;6-9H,10H2,1-5H3;5-8H,9H2,1-4H3;5-8,14H,9H2,1-4H3. The maximum atomic E-state index is 12.9. The molecule has 0 fully saturated rings. The number of phenols is 1. The van der Waals surface area contributed by atoms with Crippen LogP contribution >= 0.6 is 11.6 Å². The molecule has 6 aromatic rings. The van der Waals surface area contributed by atoms with Gasteiger partial charge in [-0.25, -0.2) is 4.39 Å². The molecule has 0 spiro atoms. The third kappa shape index (κ3) is 33.3. The number of aromatic hydroxyl groups is 1. The Balaban J connectivity index is 0.000000522. The molecule has 0 saturated heterocycles. The first kappa shape index (κ1) is 79.9. The first-order valence-electron chi connectivity index (χ1n) is 31.2. The number of halogens is 2. The molecular weight excluding hydrogens is 1100 g/mol. The van der Waals surface area contributed by atoms with Gasteiger partial charge in [0.2, 0.25) is 0 Å². The Morgan fingerprint density at radius 3 is 1.18 bits per heavy atom. The van der Waals surface area contributed by atoms with Gasteiger partial charge < -0.3 is 9.84 Å². The van der Waals surface area contributed by atoms with Crippen LogP contribution in [-0.2, 0) is 39.3 Å². The van der Waals surface area contributed by atoms with E-state index in [1.807, 2.05) is 55.6 Å². The fourth-order valence-corrected chi connectivity index (χ4v) is 8.16. The van der Waals surface area contributed by atoms with Gasteiger partial charge in [-0.1, -0.05) is 127 Å². The van der Waals surface area contributed by atoms with Crippen LogP contribution in [0.3, 0.4) is 0 Å². The zero-order valence-corrected chi connectivity index (χ0v) is 60.8. The second-order valence-electron chi connectivity index (χ2n) is 29.5. The van der Waals surface area contributed by atoms with Crippen LogP contribution in [-0.4, -0.2) is 117 Å². The van der Waals surface area contributed by atoms with Crippen molar-refractivity contribution in [2.75, 3.05) is 48.9 Å². The van der Waals surface area contributed by atoms with E-state index in [1.165, 1.54) is 45.0 Å². The summed E-state index contributed by atoms with van der Waals surface area (Å²) in [5.41, 5.74) is 12.6. The molecule has 0 aliphatic carbocycles. The number of aryl methyl sites for hydroxylation is 2. The molecule has 6 aromatic carbocycles. The summed E-state index contributed by atoms with van der Waals surface area (Å²) in [6.45, 7) is 55.0. The Morgan fingerprint density at radius 2 is 0.782 bits per heavy atom. The minimum Gasteiger partial charge on any atom is -0.508 e. The lowest BCUT2D eigenvalue weighted by Gasteiger charge is -2.34. The first-order valence-corrected chi connectivity index (χ1v) is 31.6. The fourth-order valence-electron chi connectivity index (χ4n) is 7.97. The van der Waals surface area contributed by atoms with Gasteiger partial charge in [-0.2, -0.15) is 0 Å². The van der Waals surface area contributed by atoms with Crippen molar-refractivity contribution in [1.82, 2.24) is 29.4 Å². The van der Waals surface area contributed by atoms with Gasteiger partial charge in [0.1, 0.15) is 17.3 Å². The number of methoxy groups -OCH3 is 1. The molecule has 0 unspecified atom stereocenters. The molecule has 0 aliphatic heterocycles. The molecule has 0 atom stereocenters. The van der Waals surface area contributed by atoms with E-state index in [-0.39, 0.29) is 39.1 Å². The first-order chi connectivity index (χ1) is 39.9. The van der Waals surface area contributed by atoms with Gasteiger partial charge in [0.25, 0.3) is 0 Å². The van der Waals surface area contributed by atoms with E-state index < -0.39 is 0 Å². The highest BCUT2D eigenvalue weighted by Gasteiger charge is 2.22. The van der Waals surface area contributed by atoms with Gasteiger partial charge in [0.05, 0.1) is 7.11 Å². The number of nitrogens with zero attached hydrogens (tertiary/aromatic N) is 6. The van der Waals surface area contributed by atoms with Crippen molar-refractivity contribution in [3.05, 3.63) is 200 Å². The molecule has 0 radical (unpaired) electrons. The molecule has 10 heteroatoms. The molecule has 486 valence electrons. The lowest BCUT2D eigenvalue weighted by molar-refractivity contribution is 0.136. The Labute approximate surface area is 538 Å². The monoisotopic (exact) mass is 1220 g/mol. The predicted octanol–water partition coefficient (Wildman–Crippen LogP) is 19.3. The van der Waals surface area contributed by atoms with Gasteiger partial charge in [0.15, 0.2) is 0 Å². The number of hydrogen-bond donors (Lipinski definition) is 1. The Morgan fingerprint density at radius 1 is 0.402 bits per heavy atom. The van der Waals surface area contributed by atoms with E-state index in [9.17, 15) is 9.50 Å². The van der Waals surface area contributed by atoms with E-state index in [0.29, 0.717) is 5.75 Å². The minimum absolute atomic E-state index is 0.117. The molecular formula is C77H122ClFN6O2. The van der Waals surface area contributed by atoms with Crippen LogP contribution < -0.4 is 4.74 Å². The minimum atomic E-state index is -0.162. The molecule has 0 aromatic heterocycles. The van der Waals surface area contributed by atoms with E-state index >= 15 is 0 Å². The van der Waals surface area contributed by atoms with E-state index in [0.717, 1.165) is 67.7 Å². The van der Waals surface area contributed by atoms with E-state index in [1.54, 1.807) is 25.3 Å². The van der Waals surface area contributed by atoms with Crippen molar-refractivity contribution >= 4 is 11.6 Å². The average Bonchev–Trinajstić information content (AvgIpc) is 3.58. The number of rotatable bonds is 14. The van der Waals surface area contributed by atoms with Crippen LogP contribution in [0.15, 0.2) is 140 Å². The number of phenolic OH excluding ortho intramolecular Hbond substituents is 1. The zero-order valence-electron chi connectivity index (χ0n) is 60.0. The Bertz CT molecular complexity index is 2800. The summed E-state index contributed by atoms with van der Waals surface area (Å²) in [6, 6.07) is 46.0. The molecule has 0 aliphatic rings. The quantitative estimate of drug-likeness (QED) is 0.116. The molecule has 1 N–H and O–H groups in total. The Hall–Kier alpha value is -5.10. The second kappa shape index (κ2) is 36.5. The van der Waals surface area contributed by atoms with Crippen LogP contribution in [0.1, 0.15) is 182 Å². The average molecular weight is 1220 g/mol. The number of benzene rings is 6. The summed E-state index contributed by atoms with van der Waals surface area (Å²) in [5, 5.41) is 10.2. The topological polar surface area (TPSA) is 48.9 Å². The van der Waals surface area contributed by atoms with Gasteiger partial charge in [-0.3, -0.25) is 29.4 Å². The largest absolute Gasteiger partial charge is 0.508 e. The third-order valence-electron chi connectivity index (χ3n) is 16.0. The molecule has 0 amide bonds. The van der Waals surface area contributed by atoms with Crippen molar-refractivity contribution < 1.29 is 14.2 Å². The SMILES string of the molecule is CCN(Cc1cccc(C)c1)C(C)(C)C.CN(Cc1cccc(F)c1)C(C)(C)C.CN(Cc1cccc(O)c1)C(C)(C)C.COc1cccc(CN(C)C(C)(C)C)c1.Cc1c(Cl)cccc1CN(C)C(C)(C)C.Cc1ccc(CN(C)C(C)(C)C)cc1. The van der Waals surface area contributed by atoms with Crippen LogP contribution in [0.5, 0.6) is 11.5 Å². The normalized spacial score (nSPS) is 12.1. The highest BCUT2D eigenvalue weighted by Crippen LogP contribution is 2.24. The number of hydrogen-bond acceptors (Lipinski definition) is 8. The third-order valence-corrected chi connectivity index (χ3v) is 16.4. The summed E-state index contributed by atoms with van der Waals surface area (Å²) >= 11 is 6.09. The smallest absolute Gasteiger partial charge is 0.123 e. The van der Waals surface area contributed by atoms with E-state index in [4.69, 9.17) is 16.3 Å². The maximum absolute atomic E-state index is 12.9. The van der Waals surface area contributed by atoms with Gasteiger partial charge >= 0.3 is 0 Å². The van der Waals surface area contributed by atoms with Gasteiger partial charge in [-0.15, -0.1) is 0 Å². The number of ether oxygens (including phenoxy) is 1. The molecule has 8 nitrogen and oxygen atoms in total.